The molecule has 0 amide bonds. The Kier molecular flexibility index (Phi) is 7.16. The Morgan fingerprint density at radius 2 is 1.91 bits per heavy atom. The molecule has 2 heterocycles. The number of hydrogen-bond donors (Lipinski definition) is 1. The van der Waals surface area contributed by atoms with Crippen molar-refractivity contribution in [2.45, 2.75) is 52.3 Å². The number of anilines is 1. The minimum absolute atomic E-state index is 0.0341. The molecule has 0 saturated carbocycles. The molecule has 9 heteroatoms. The normalized spacial score (nSPS) is 14.4. The summed E-state index contributed by atoms with van der Waals surface area (Å²) in [6.07, 6.45) is 5.69. The van der Waals surface area contributed by atoms with Crippen molar-refractivity contribution in [2.75, 3.05) is 18.0 Å². The molecule has 4 rings (SSSR count). The van der Waals surface area contributed by atoms with E-state index >= 15 is 0 Å². The van der Waals surface area contributed by atoms with E-state index in [1.807, 2.05) is 12.3 Å². The smallest absolute Gasteiger partial charge is 0.137 e. The van der Waals surface area contributed by atoms with Crippen molar-refractivity contribution in [2.24, 2.45) is 5.92 Å². The van der Waals surface area contributed by atoms with E-state index < -0.39 is 23.3 Å². The summed E-state index contributed by atoms with van der Waals surface area (Å²) >= 11 is 0. The van der Waals surface area contributed by atoms with Crippen molar-refractivity contribution in [3.05, 3.63) is 72.4 Å². The zero-order chi connectivity index (χ0) is 25.2. The standard InChI is InChI=1S/C26H32F2N6O/c1-5-10-32(13-18(2)3)22-7-9-25-20(11-22)14-34(31-25)19(4)26(35,15-33-17-29-16-30-33)23-8-6-21(27)12-24(23)28/h6-9,11-12,14,16-19,35H,5,10,13,15H2,1-4H3/t19-,26-/m1/s1. The van der Waals surface area contributed by atoms with Crippen LogP contribution in [0.2, 0.25) is 0 Å². The molecular formula is C26H32F2N6O. The summed E-state index contributed by atoms with van der Waals surface area (Å²) in [7, 11) is 0. The highest BCUT2D eigenvalue weighted by atomic mass is 19.1. The van der Waals surface area contributed by atoms with Crippen molar-refractivity contribution < 1.29 is 13.9 Å². The second kappa shape index (κ2) is 10.1. The first kappa shape index (κ1) is 24.8. The molecule has 2 aromatic carbocycles. The van der Waals surface area contributed by atoms with E-state index in [2.05, 4.69) is 53.0 Å². The summed E-state index contributed by atoms with van der Waals surface area (Å²) in [5.41, 5.74) is 0.0718. The Balaban J connectivity index is 1.74. The molecule has 0 aliphatic carbocycles. The molecule has 1 N–H and O–H groups in total. The van der Waals surface area contributed by atoms with Crippen molar-refractivity contribution >= 4 is 16.6 Å². The summed E-state index contributed by atoms with van der Waals surface area (Å²) in [5, 5.41) is 21.5. The van der Waals surface area contributed by atoms with Crippen molar-refractivity contribution in [3.8, 4) is 0 Å². The van der Waals surface area contributed by atoms with Gasteiger partial charge in [-0.15, -0.1) is 0 Å². The third-order valence-corrected chi connectivity index (χ3v) is 6.30. The summed E-state index contributed by atoms with van der Waals surface area (Å²) in [6.45, 7) is 10.1. The topological polar surface area (TPSA) is 72.0 Å². The number of fused-ring (bicyclic) bond motifs is 1. The van der Waals surface area contributed by atoms with Crippen LogP contribution in [0.3, 0.4) is 0 Å². The van der Waals surface area contributed by atoms with E-state index in [0.29, 0.717) is 5.92 Å². The second-order valence-electron chi connectivity index (χ2n) is 9.51. The molecule has 0 aliphatic rings. The number of hydrogen-bond acceptors (Lipinski definition) is 5. The molecule has 0 unspecified atom stereocenters. The van der Waals surface area contributed by atoms with Crippen LogP contribution in [-0.4, -0.2) is 42.7 Å². The van der Waals surface area contributed by atoms with Crippen LogP contribution in [0.4, 0.5) is 14.5 Å². The fourth-order valence-corrected chi connectivity index (χ4v) is 4.53. The summed E-state index contributed by atoms with van der Waals surface area (Å²) in [4.78, 5) is 6.29. The van der Waals surface area contributed by atoms with Gasteiger partial charge in [-0.25, -0.2) is 18.4 Å². The van der Waals surface area contributed by atoms with Crippen LogP contribution in [0, 0.1) is 17.6 Å². The first-order valence-electron chi connectivity index (χ1n) is 12.0. The van der Waals surface area contributed by atoms with E-state index in [0.717, 1.165) is 48.2 Å². The Bertz CT molecular complexity index is 1270. The van der Waals surface area contributed by atoms with Crippen molar-refractivity contribution in [1.29, 1.82) is 0 Å². The number of nitrogens with zero attached hydrogens (tertiary/aromatic N) is 6. The Morgan fingerprint density at radius 3 is 2.57 bits per heavy atom. The molecule has 0 bridgehead atoms. The number of aliphatic hydroxyl groups is 1. The molecule has 0 fully saturated rings. The zero-order valence-corrected chi connectivity index (χ0v) is 20.6. The Labute approximate surface area is 204 Å². The lowest BCUT2D eigenvalue weighted by atomic mass is 9.86. The monoisotopic (exact) mass is 482 g/mol. The molecule has 0 aliphatic heterocycles. The highest BCUT2D eigenvalue weighted by molar-refractivity contribution is 5.82. The SMILES string of the molecule is CCCN(CC(C)C)c1ccc2nn([C@H](C)[C@](O)(Cn3cncn3)c3ccc(F)cc3F)cc2c1. The van der Waals surface area contributed by atoms with Crippen LogP contribution in [0.25, 0.3) is 10.9 Å². The largest absolute Gasteiger partial charge is 0.381 e. The van der Waals surface area contributed by atoms with Crippen LogP contribution in [0.5, 0.6) is 0 Å². The van der Waals surface area contributed by atoms with Crippen molar-refractivity contribution in [3.63, 3.8) is 0 Å². The summed E-state index contributed by atoms with van der Waals surface area (Å²) in [5.74, 6) is -1.02. The molecule has 186 valence electrons. The Morgan fingerprint density at radius 1 is 1.11 bits per heavy atom. The lowest BCUT2D eigenvalue weighted by Gasteiger charge is -2.34. The molecule has 0 saturated heterocycles. The third kappa shape index (κ3) is 5.19. The maximum atomic E-state index is 14.9. The first-order chi connectivity index (χ1) is 16.7. The summed E-state index contributed by atoms with van der Waals surface area (Å²) < 4.78 is 31.6. The average Bonchev–Trinajstić information content (AvgIpc) is 3.46. The molecule has 0 spiro atoms. The van der Waals surface area contributed by atoms with Crippen LogP contribution < -0.4 is 4.90 Å². The summed E-state index contributed by atoms with van der Waals surface area (Å²) in [6, 6.07) is 8.60. The highest BCUT2D eigenvalue weighted by Gasteiger charge is 2.41. The van der Waals surface area contributed by atoms with E-state index in [1.165, 1.54) is 23.4 Å². The molecule has 35 heavy (non-hydrogen) atoms. The van der Waals surface area contributed by atoms with Crippen LogP contribution in [0.1, 0.15) is 45.7 Å². The van der Waals surface area contributed by atoms with Gasteiger partial charge >= 0.3 is 0 Å². The van der Waals surface area contributed by atoms with Crippen LogP contribution in [0.15, 0.2) is 55.2 Å². The van der Waals surface area contributed by atoms with Gasteiger partial charge in [0, 0.05) is 42.0 Å². The highest BCUT2D eigenvalue weighted by Crippen LogP contribution is 2.37. The van der Waals surface area contributed by atoms with Gasteiger partial charge in [-0.05, 0) is 43.5 Å². The number of aromatic nitrogens is 5. The maximum Gasteiger partial charge on any atom is 0.137 e. The Hall–Kier alpha value is -3.33. The predicted molar refractivity (Wildman–Crippen MR) is 132 cm³/mol. The average molecular weight is 483 g/mol. The van der Waals surface area contributed by atoms with E-state index in [4.69, 9.17) is 0 Å². The fraction of sp³-hybridized carbons (Fsp3) is 0.423. The van der Waals surface area contributed by atoms with Gasteiger partial charge in [-0.3, -0.25) is 4.68 Å². The number of halogens is 2. The van der Waals surface area contributed by atoms with Crippen LogP contribution >= 0.6 is 0 Å². The van der Waals surface area contributed by atoms with E-state index in [9.17, 15) is 13.9 Å². The number of rotatable bonds is 10. The van der Waals surface area contributed by atoms with Crippen LogP contribution in [-0.2, 0) is 12.1 Å². The third-order valence-electron chi connectivity index (χ3n) is 6.30. The minimum atomic E-state index is -1.78. The molecule has 2 aromatic heterocycles. The molecule has 4 aromatic rings. The maximum absolute atomic E-state index is 14.9. The van der Waals surface area contributed by atoms with Gasteiger partial charge in [0.25, 0.3) is 0 Å². The van der Waals surface area contributed by atoms with E-state index in [1.54, 1.807) is 11.6 Å². The van der Waals surface area contributed by atoms with Gasteiger partial charge in [0.1, 0.15) is 29.9 Å². The van der Waals surface area contributed by atoms with Gasteiger partial charge in [-0.2, -0.15) is 10.2 Å². The molecule has 0 radical (unpaired) electrons. The van der Waals surface area contributed by atoms with Gasteiger partial charge < -0.3 is 10.0 Å². The first-order valence-corrected chi connectivity index (χ1v) is 12.0. The van der Waals surface area contributed by atoms with Gasteiger partial charge in [-0.1, -0.05) is 26.8 Å². The number of benzene rings is 2. The van der Waals surface area contributed by atoms with Gasteiger partial charge in [0.05, 0.1) is 18.1 Å². The second-order valence-corrected chi connectivity index (χ2v) is 9.51. The lowest BCUT2D eigenvalue weighted by Crippen LogP contribution is -2.40. The zero-order valence-electron chi connectivity index (χ0n) is 20.6. The minimum Gasteiger partial charge on any atom is -0.381 e. The predicted octanol–water partition coefficient (Wildman–Crippen LogP) is 4.93. The van der Waals surface area contributed by atoms with Crippen molar-refractivity contribution in [1.82, 2.24) is 24.5 Å². The molecule has 7 nitrogen and oxygen atoms in total. The molecular weight excluding hydrogens is 450 g/mol. The van der Waals surface area contributed by atoms with Gasteiger partial charge in [0.2, 0.25) is 0 Å². The molecule has 2 atom stereocenters. The quantitative estimate of drug-likeness (QED) is 0.347. The fourth-order valence-electron chi connectivity index (χ4n) is 4.53. The lowest BCUT2D eigenvalue weighted by molar-refractivity contribution is -0.0366. The van der Waals surface area contributed by atoms with E-state index in [-0.39, 0.29) is 12.1 Å². The van der Waals surface area contributed by atoms with Gasteiger partial charge in [0.15, 0.2) is 0 Å².